The molecule has 1 aliphatic carbocycles. The summed E-state index contributed by atoms with van der Waals surface area (Å²) in [5.74, 6) is 0.0158. The van der Waals surface area contributed by atoms with Crippen LogP contribution in [0.4, 0.5) is 5.13 Å². The highest BCUT2D eigenvalue weighted by molar-refractivity contribution is 7.14. The van der Waals surface area contributed by atoms with E-state index in [0.29, 0.717) is 10.2 Å². The molecule has 1 amide bonds. The molecule has 1 heterocycles. The van der Waals surface area contributed by atoms with E-state index in [4.69, 9.17) is 11.6 Å². The summed E-state index contributed by atoms with van der Waals surface area (Å²) in [5.41, 5.74) is 3.85. The van der Waals surface area contributed by atoms with Gasteiger partial charge in [0.25, 0.3) is 0 Å². The summed E-state index contributed by atoms with van der Waals surface area (Å²) in [4.78, 5) is 17.4. The molecular weight excluding hydrogens is 364 g/mol. The van der Waals surface area contributed by atoms with Crippen LogP contribution in [0.1, 0.15) is 30.9 Å². The Morgan fingerprint density at radius 1 is 1.15 bits per heavy atom. The third-order valence-electron chi connectivity index (χ3n) is 4.96. The van der Waals surface area contributed by atoms with E-state index < -0.39 is 5.41 Å². The molecule has 1 aliphatic rings. The van der Waals surface area contributed by atoms with E-state index in [-0.39, 0.29) is 5.91 Å². The van der Waals surface area contributed by atoms with Gasteiger partial charge in [-0.2, -0.15) is 0 Å². The molecule has 132 valence electrons. The molecule has 1 saturated carbocycles. The lowest BCUT2D eigenvalue weighted by Gasteiger charge is -2.14. The summed E-state index contributed by atoms with van der Waals surface area (Å²) in [6, 6.07) is 16.0. The molecule has 0 unspecified atom stereocenters. The van der Waals surface area contributed by atoms with Crippen LogP contribution >= 0.6 is 22.9 Å². The summed E-state index contributed by atoms with van der Waals surface area (Å²) in [5, 5.41) is 6.32. The Kier molecular flexibility index (Phi) is 4.55. The number of aryl methyl sites for hydroxylation is 1. The highest BCUT2D eigenvalue weighted by Crippen LogP contribution is 2.49. The fourth-order valence-corrected chi connectivity index (χ4v) is 3.97. The quantitative estimate of drug-likeness (QED) is 0.615. The van der Waals surface area contributed by atoms with E-state index in [2.05, 4.69) is 41.5 Å². The Balaban J connectivity index is 1.50. The molecule has 4 rings (SSSR count). The molecule has 3 nitrogen and oxygen atoms in total. The summed E-state index contributed by atoms with van der Waals surface area (Å²) in [6.45, 7) is 2.14. The van der Waals surface area contributed by atoms with Crippen molar-refractivity contribution in [3.05, 3.63) is 70.1 Å². The highest BCUT2D eigenvalue weighted by atomic mass is 35.5. The lowest BCUT2D eigenvalue weighted by Crippen LogP contribution is -2.27. The maximum absolute atomic E-state index is 12.8. The number of carbonyl (C=O) groups excluding carboxylic acids is 1. The minimum Gasteiger partial charge on any atom is -0.301 e. The van der Waals surface area contributed by atoms with Crippen LogP contribution in [0.5, 0.6) is 0 Å². The van der Waals surface area contributed by atoms with Crippen molar-refractivity contribution in [1.82, 2.24) is 4.98 Å². The maximum atomic E-state index is 12.8. The first-order valence-corrected chi connectivity index (χ1v) is 9.99. The van der Waals surface area contributed by atoms with E-state index >= 15 is 0 Å². The Hall–Kier alpha value is -2.17. The zero-order chi connectivity index (χ0) is 18.1. The summed E-state index contributed by atoms with van der Waals surface area (Å²) in [6.07, 6.45) is 2.74. The number of aromatic nitrogens is 1. The van der Waals surface area contributed by atoms with Crippen LogP contribution in [0.25, 0.3) is 11.3 Å². The van der Waals surface area contributed by atoms with Crippen molar-refractivity contribution in [2.24, 2.45) is 0 Å². The number of hydrogen-bond acceptors (Lipinski definition) is 3. The average Bonchev–Trinajstić information content (AvgIpc) is 3.36. The number of amides is 1. The van der Waals surface area contributed by atoms with Crippen molar-refractivity contribution in [2.45, 2.75) is 31.6 Å². The first-order chi connectivity index (χ1) is 12.6. The molecule has 5 heteroatoms. The molecule has 1 fully saturated rings. The molecule has 1 N–H and O–H groups in total. The first-order valence-electron chi connectivity index (χ1n) is 8.73. The van der Waals surface area contributed by atoms with Crippen LogP contribution in [0, 0.1) is 0 Å². The topological polar surface area (TPSA) is 42.0 Å². The monoisotopic (exact) mass is 382 g/mol. The number of halogens is 1. The normalized spacial score (nSPS) is 14.8. The van der Waals surface area contributed by atoms with Gasteiger partial charge < -0.3 is 5.32 Å². The van der Waals surface area contributed by atoms with E-state index in [9.17, 15) is 4.79 Å². The number of nitrogens with zero attached hydrogens (tertiary/aromatic N) is 1. The molecular formula is C21H19ClN2OS. The zero-order valence-electron chi connectivity index (χ0n) is 14.5. The van der Waals surface area contributed by atoms with Crippen LogP contribution < -0.4 is 5.32 Å². The van der Waals surface area contributed by atoms with E-state index in [1.54, 1.807) is 0 Å². The van der Waals surface area contributed by atoms with E-state index in [0.717, 1.165) is 36.1 Å². The van der Waals surface area contributed by atoms with Gasteiger partial charge in [-0.05, 0) is 42.5 Å². The van der Waals surface area contributed by atoms with Crippen molar-refractivity contribution < 1.29 is 4.79 Å². The van der Waals surface area contributed by atoms with E-state index in [1.165, 1.54) is 16.9 Å². The fraction of sp³-hybridized carbons (Fsp3) is 0.238. The van der Waals surface area contributed by atoms with Gasteiger partial charge in [-0.3, -0.25) is 4.79 Å². The molecule has 0 bridgehead atoms. The lowest BCUT2D eigenvalue weighted by molar-refractivity contribution is -0.118. The number of benzene rings is 2. The van der Waals surface area contributed by atoms with Gasteiger partial charge in [0.1, 0.15) is 0 Å². The molecule has 3 aromatic rings. The standard InChI is InChI=1S/C21H19ClN2OS/c1-2-14-3-5-15(6-4-14)18-13-26-20(23-18)24-19(25)21(11-12-21)16-7-9-17(22)10-8-16/h3-10,13H,2,11-12H2,1H3,(H,23,24,25). The molecule has 0 radical (unpaired) electrons. The van der Waals surface area contributed by atoms with Crippen LogP contribution in [-0.2, 0) is 16.6 Å². The number of rotatable bonds is 5. The number of hydrogen-bond donors (Lipinski definition) is 1. The van der Waals surface area contributed by atoms with Gasteiger partial charge >= 0.3 is 0 Å². The molecule has 26 heavy (non-hydrogen) atoms. The van der Waals surface area contributed by atoms with Crippen molar-refractivity contribution in [3.63, 3.8) is 0 Å². The number of thiazole rings is 1. The smallest absolute Gasteiger partial charge is 0.236 e. The van der Waals surface area contributed by atoms with Crippen LogP contribution in [-0.4, -0.2) is 10.9 Å². The predicted molar refractivity (Wildman–Crippen MR) is 108 cm³/mol. The van der Waals surface area contributed by atoms with E-state index in [1.807, 2.05) is 29.6 Å². The number of nitrogens with one attached hydrogen (secondary N) is 1. The predicted octanol–water partition coefficient (Wildman–Crippen LogP) is 5.70. The Morgan fingerprint density at radius 3 is 2.46 bits per heavy atom. The van der Waals surface area contributed by atoms with Crippen molar-refractivity contribution in [2.75, 3.05) is 5.32 Å². The largest absolute Gasteiger partial charge is 0.301 e. The van der Waals surface area contributed by atoms with Crippen molar-refractivity contribution in [1.29, 1.82) is 0 Å². The Labute approximate surface area is 162 Å². The third-order valence-corrected chi connectivity index (χ3v) is 5.97. The van der Waals surface area contributed by atoms with Crippen molar-refractivity contribution in [3.8, 4) is 11.3 Å². The fourth-order valence-electron chi connectivity index (χ4n) is 3.13. The van der Waals surface area contributed by atoms with Gasteiger partial charge in [0.2, 0.25) is 5.91 Å². The Bertz CT molecular complexity index is 927. The second-order valence-electron chi connectivity index (χ2n) is 6.63. The van der Waals surface area contributed by atoms with Crippen molar-refractivity contribution >= 4 is 34.0 Å². The molecule has 0 saturated heterocycles. The highest BCUT2D eigenvalue weighted by Gasteiger charge is 2.51. The molecule has 0 atom stereocenters. The summed E-state index contributed by atoms with van der Waals surface area (Å²) < 4.78 is 0. The summed E-state index contributed by atoms with van der Waals surface area (Å²) >= 11 is 7.42. The molecule has 1 aromatic heterocycles. The number of anilines is 1. The first kappa shape index (κ1) is 17.3. The maximum Gasteiger partial charge on any atom is 0.236 e. The molecule has 2 aromatic carbocycles. The van der Waals surface area contributed by atoms with Crippen LogP contribution in [0.2, 0.25) is 5.02 Å². The minimum atomic E-state index is -0.431. The lowest BCUT2D eigenvalue weighted by atomic mass is 9.95. The SMILES string of the molecule is CCc1ccc(-c2csc(NC(=O)C3(c4ccc(Cl)cc4)CC3)n2)cc1. The second-order valence-corrected chi connectivity index (χ2v) is 7.93. The van der Waals surface area contributed by atoms with Gasteiger partial charge in [0.05, 0.1) is 11.1 Å². The molecule has 0 aliphatic heterocycles. The van der Waals surface area contributed by atoms with Crippen LogP contribution in [0.15, 0.2) is 53.9 Å². The second kappa shape index (κ2) is 6.86. The number of carbonyl (C=O) groups is 1. The Morgan fingerprint density at radius 2 is 1.85 bits per heavy atom. The van der Waals surface area contributed by atoms with Gasteiger partial charge in [-0.15, -0.1) is 11.3 Å². The van der Waals surface area contributed by atoms with Gasteiger partial charge in [-0.25, -0.2) is 4.98 Å². The summed E-state index contributed by atoms with van der Waals surface area (Å²) in [7, 11) is 0. The van der Waals surface area contributed by atoms with Gasteiger partial charge in [-0.1, -0.05) is 54.9 Å². The van der Waals surface area contributed by atoms with Crippen LogP contribution in [0.3, 0.4) is 0 Å². The van der Waals surface area contributed by atoms with Gasteiger partial charge in [0.15, 0.2) is 5.13 Å². The third kappa shape index (κ3) is 3.27. The zero-order valence-corrected chi connectivity index (χ0v) is 16.0. The average molecular weight is 383 g/mol. The molecule has 0 spiro atoms. The minimum absolute atomic E-state index is 0.0158. The van der Waals surface area contributed by atoms with Gasteiger partial charge in [0, 0.05) is 16.0 Å².